The number of hydrogen-bond donors (Lipinski definition) is 1. The van der Waals surface area contributed by atoms with E-state index >= 15 is 0 Å². The van der Waals surface area contributed by atoms with Gasteiger partial charge in [-0.25, -0.2) is 9.97 Å². The van der Waals surface area contributed by atoms with Gasteiger partial charge in [0.05, 0.1) is 16.3 Å². The normalized spacial score (nSPS) is 10.5. The second kappa shape index (κ2) is 6.02. The van der Waals surface area contributed by atoms with Crippen LogP contribution in [0.15, 0.2) is 54.6 Å². The van der Waals surface area contributed by atoms with Crippen LogP contribution in [0.4, 0.5) is 11.6 Å². The van der Waals surface area contributed by atoms with E-state index in [0.717, 1.165) is 5.56 Å². The largest absolute Gasteiger partial charge is 0.368 e. The highest BCUT2D eigenvalue weighted by Crippen LogP contribution is 2.27. The molecular weight excluding hydrogens is 316 g/mol. The molecule has 0 atom stereocenters. The lowest BCUT2D eigenvalue weighted by Gasteiger charge is -2.07. The first-order valence-electron chi connectivity index (χ1n) is 6.68. The fraction of sp³-hybridized carbons (Fsp3) is 0. The van der Waals surface area contributed by atoms with Crippen molar-refractivity contribution < 1.29 is 4.92 Å². The average molecular weight is 327 g/mol. The molecule has 7 heteroatoms. The third-order valence-corrected chi connectivity index (χ3v) is 3.45. The highest BCUT2D eigenvalue weighted by Gasteiger charge is 2.11. The molecule has 114 valence electrons. The van der Waals surface area contributed by atoms with Crippen LogP contribution in [0.3, 0.4) is 0 Å². The van der Waals surface area contributed by atoms with Crippen molar-refractivity contribution in [3.8, 4) is 22.5 Å². The van der Waals surface area contributed by atoms with Crippen molar-refractivity contribution in [2.75, 3.05) is 5.73 Å². The lowest BCUT2D eigenvalue weighted by molar-refractivity contribution is -0.384. The van der Waals surface area contributed by atoms with E-state index in [1.807, 2.05) is 12.1 Å². The Morgan fingerprint density at radius 3 is 2.17 bits per heavy atom. The number of nitro groups is 1. The van der Waals surface area contributed by atoms with E-state index < -0.39 is 4.92 Å². The van der Waals surface area contributed by atoms with Gasteiger partial charge in [0, 0.05) is 28.3 Å². The number of nitrogen functional groups attached to an aromatic ring is 1. The number of nitrogens with zero attached hydrogens (tertiary/aromatic N) is 3. The van der Waals surface area contributed by atoms with Gasteiger partial charge in [-0.3, -0.25) is 10.1 Å². The van der Waals surface area contributed by atoms with E-state index in [1.54, 1.807) is 30.3 Å². The summed E-state index contributed by atoms with van der Waals surface area (Å²) in [5.74, 6) is 0.0870. The Balaban J connectivity index is 2.11. The maximum atomic E-state index is 10.9. The zero-order valence-electron chi connectivity index (χ0n) is 11.8. The van der Waals surface area contributed by atoms with Crippen molar-refractivity contribution >= 4 is 23.2 Å². The molecule has 0 saturated carbocycles. The minimum Gasteiger partial charge on any atom is -0.368 e. The van der Waals surface area contributed by atoms with Crippen LogP contribution in [0.1, 0.15) is 0 Å². The van der Waals surface area contributed by atoms with Crippen LogP contribution in [0.25, 0.3) is 22.5 Å². The zero-order valence-corrected chi connectivity index (χ0v) is 12.6. The topological polar surface area (TPSA) is 94.9 Å². The smallest absolute Gasteiger partial charge is 0.270 e. The maximum Gasteiger partial charge on any atom is 0.270 e. The quantitative estimate of drug-likeness (QED) is 0.580. The summed E-state index contributed by atoms with van der Waals surface area (Å²) >= 11 is 6.00. The first-order valence-corrected chi connectivity index (χ1v) is 7.06. The third-order valence-electron chi connectivity index (χ3n) is 3.22. The maximum absolute atomic E-state index is 10.9. The molecule has 0 amide bonds. The Kier molecular flexibility index (Phi) is 3.91. The van der Waals surface area contributed by atoms with Crippen molar-refractivity contribution in [2.45, 2.75) is 0 Å². The summed E-state index contributed by atoms with van der Waals surface area (Å²) in [6.07, 6.45) is 0. The molecule has 0 fully saturated rings. The van der Waals surface area contributed by atoms with E-state index in [-0.39, 0.29) is 11.6 Å². The van der Waals surface area contributed by atoms with Crippen LogP contribution in [-0.2, 0) is 0 Å². The predicted octanol–water partition coefficient (Wildman–Crippen LogP) is 3.95. The van der Waals surface area contributed by atoms with Gasteiger partial charge in [0.2, 0.25) is 5.95 Å². The number of non-ortho nitro benzene ring substituents is 1. The predicted molar refractivity (Wildman–Crippen MR) is 89.0 cm³/mol. The molecule has 23 heavy (non-hydrogen) atoms. The molecule has 0 aliphatic rings. The lowest BCUT2D eigenvalue weighted by Crippen LogP contribution is -1.99. The molecular formula is C16H11ClN4O2. The number of nitro benzene ring substituents is 1. The number of nitrogens with two attached hydrogens (primary N) is 1. The van der Waals surface area contributed by atoms with Crippen molar-refractivity contribution in [1.82, 2.24) is 9.97 Å². The summed E-state index contributed by atoms with van der Waals surface area (Å²) in [4.78, 5) is 18.8. The van der Waals surface area contributed by atoms with Crippen molar-refractivity contribution in [2.24, 2.45) is 0 Å². The second-order valence-electron chi connectivity index (χ2n) is 4.81. The van der Waals surface area contributed by atoms with E-state index in [0.29, 0.717) is 22.0 Å². The number of halogens is 1. The minimum absolute atomic E-state index is 0.0102. The summed E-state index contributed by atoms with van der Waals surface area (Å²) in [6, 6.07) is 15.1. The molecule has 0 bridgehead atoms. The summed E-state index contributed by atoms with van der Waals surface area (Å²) in [5, 5.41) is 11.5. The highest BCUT2D eigenvalue weighted by atomic mass is 35.5. The summed E-state index contributed by atoms with van der Waals surface area (Å²) in [5.41, 5.74) is 8.26. The molecule has 0 unspecified atom stereocenters. The van der Waals surface area contributed by atoms with Crippen molar-refractivity contribution in [1.29, 1.82) is 0 Å². The molecule has 3 aromatic rings. The molecule has 3 rings (SSSR count). The number of rotatable bonds is 3. The summed E-state index contributed by atoms with van der Waals surface area (Å²) in [7, 11) is 0. The van der Waals surface area contributed by atoms with Crippen molar-refractivity contribution in [3.63, 3.8) is 0 Å². The molecule has 0 aliphatic heterocycles. The molecule has 0 spiro atoms. The number of aromatic nitrogens is 2. The molecule has 6 nitrogen and oxygen atoms in total. The van der Waals surface area contributed by atoms with Gasteiger partial charge in [-0.05, 0) is 18.2 Å². The lowest BCUT2D eigenvalue weighted by atomic mass is 10.1. The monoisotopic (exact) mass is 326 g/mol. The Hall–Kier alpha value is -2.99. The SMILES string of the molecule is Nc1nc(-c2cccc(Cl)c2)cc(-c2cccc([N+](=O)[O-])c2)n1. The Labute approximate surface area is 136 Å². The van der Waals surface area contributed by atoms with E-state index in [1.165, 1.54) is 12.1 Å². The van der Waals surface area contributed by atoms with Crippen LogP contribution in [0, 0.1) is 10.1 Å². The minimum atomic E-state index is -0.452. The van der Waals surface area contributed by atoms with E-state index in [2.05, 4.69) is 9.97 Å². The molecule has 0 saturated heterocycles. The van der Waals surface area contributed by atoms with Gasteiger partial charge in [-0.2, -0.15) is 0 Å². The first-order chi connectivity index (χ1) is 11.0. The molecule has 2 N–H and O–H groups in total. The molecule has 1 heterocycles. The summed E-state index contributed by atoms with van der Waals surface area (Å²) in [6.45, 7) is 0. The average Bonchev–Trinajstić information content (AvgIpc) is 2.54. The number of anilines is 1. The van der Waals surface area contributed by atoms with Gasteiger partial charge in [0.25, 0.3) is 5.69 Å². The standard InChI is InChI=1S/C16H11ClN4O2/c17-12-5-1-3-10(7-12)14-9-15(20-16(18)19-14)11-4-2-6-13(8-11)21(22)23/h1-9H,(H2,18,19,20). The van der Waals surface area contributed by atoms with E-state index in [4.69, 9.17) is 17.3 Å². The Morgan fingerprint density at radius 2 is 1.57 bits per heavy atom. The molecule has 0 radical (unpaired) electrons. The van der Waals surface area contributed by atoms with Gasteiger partial charge < -0.3 is 5.73 Å². The number of hydrogen-bond acceptors (Lipinski definition) is 5. The van der Waals surface area contributed by atoms with Gasteiger partial charge in [-0.15, -0.1) is 0 Å². The Bertz CT molecular complexity index is 899. The number of benzene rings is 2. The molecule has 0 aliphatic carbocycles. The van der Waals surface area contributed by atoms with Gasteiger partial charge in [0.15, 0.2) is 0 Å². The van der Waals surface area contributed by atoms with Crippen LogP contribution in [0.5, 0.6) is 0 Å². The third kappa shape index (κ3) is 3.27. The Morgan fingerprint density at radius 1 is 0.957 bits per heavy atom. The van der Waals surface area contributed by atoms with Gasteiger partial charge >= 0.3 is 0 Å². The summed E-state index contributed by atoms with van der Waals surface area (Å²) < 4.78 is 0. The van der Waals surface area contributed by atoms with Crippen LogP contribution >= 0.6 is 11.6 Å². The van der Waals surface area contributed by atoms with Crippen LogP contribution in [0.2, 0.25) is 5.02 Å². The fourth-order valence-corrected chi connectivity index (χ4v) is 2.38. The first kappa shape index (κ1) is 14.9. The fourth-order valence-electron chi connectivity index (χ4n) is 2.19. The molecule has 1 aromatic heterocycles. The second-order valence-corrected chi connectivity index (χ2v) is 5.25. The highest BCUT2D eigenvalue weighted by molar-refractivity contribution is 6.30. The van der Waals surface area contributed by atoms with Crippen LogP contribution in [-0.4, -0.2) is 14.9 Å². The zero-order chi connectivity index (χ0) is 16.4. The molecule has 2 aromatic carbocycles. The van der Waals surface area contributed by atoms with Gasteiger partial charge in [-0.1, -0.05) is 35.9 Å². The van der Waals surface area contributed by atoms with E-state index in [9.17, 15) is 10.1 Å². The van der Waals surface area contributed by atoms with Gasteiger partial charge in [0.1, 0.15) is 0 Å². The van der Waals surface area contributed by atoms with Crippen LogP contribution < -0.4 is 5.73 Å². The van der Waals surface area contributed by atoms with Crippen molar-refractivity contribution in [3.05, 3.63) is 69.7 Å².